The van der Waals surface area contributed by atoms with Crippen molar-refractivity contribution in [3.05, 3.63) is 0 Å². The van der Waals surface area contributed by atoms with Crippen molar-refractivity contribution in [2.45, 2.75) is 51.8 Å². The molecule has 2 heterocycles. The van der Waals surface area contributed by atoms with Gasteiger partial charge in [0.05, 0.1) is 12.6 Å². The van der Waals surface area contributed by atoms with E-state index in [-0.39, 0.29) is 29.4 Å². The summed E-state index contributed by atoms with van der Waals surface area (Å²) in [5.41, 5.74) is -0.875. The van der Waals surface area contributed by atoms with Crippen LogP contribution in [0, 0.1) is 11.8 Å². The Morgan fingerprint density at radius 1 is 1.55 bits per heavy atom. The summed E-state index contributed by atoms with van der Waals surface area (Å²) in [6.45, 7) is 6.97. The van der Waals surface area contributed by atoms with Crippen molar-refractivity contribution in [2.75, 3.05) is 6.54 Å². The first-order chi connectivity index (χ1) is 9.26. The molecule has 3 unspecified atom stereocenters. The number of aliphatic hydroxyl groups is 1. The first-order valence-corrected chi connectivity index (χ1v) is 7.07. The van der Waals surface area contributed by atoms with Crippen LogP contribution in [0.1, 0.15) is 34.1 Å². The second-order valence-electron chi connectivity index (χ2n) is 5.99. The quantitative estimate of drug-likeness (QED) is 0.693. The molecule has 2 aliphatic rings. The summed E-state index contributed by atoms with van der Waals surface area (Å²) in [4.78, 5) is 37.4. The monoisotopic (exact) mass is 282 g/mol. The number of nitrogens with one attached hydrogen (secondary N) is 1. The van der Waals surface area contributed by atoms with E-state index in [2.05, 4.69) is 5.32 Å². The SMILES string of the molecule is CCC1C(=O)NC2(CN([C@H](C(C)=O)[C@@H](C)O)C2=O)C1C. The largest absolute Gasteiger partial charge is 0.391 e. The number of aliphatic hydroxyl groups excluding tert-OH is 1. The molecule has 0 radical (unpaired) electrons. The molecule has 2 aliphatic heterocycles. The normalized spacial score (nSPS) is 35.8. The van der Waals surface area contributed by atoms with Crippen molar-refractivity contribution in [2.24, 2.45) is 11.8 Å². The molecule has 2 amide bonds. The number of nitrogens with zero attached hydrogens (tertiary/aromatic N) is 1. The molecule has 1 spiro atoms. The van der Waals surface area contributed by atoms with E-state index >= 15 is 0 Å². The standard InChI is InChI=1S/C14H22N2O4/c1-5-10-7(2)14(15-12(10)19)6-16(13(14)20)11(8(3)17)9(4)18/h7-8,10-11,17H,5-6H2,1-4H3,(H,15,19)/t7?,8-,10?,11+,14?/m1/s1. The lowest BCUT2D eigenvalue weighted by molar-refractivity contribution is -0.166. The van der Waals surface area contributed by atoms with Crippen LogP contribution in [0.2, 0.25) is 0 Å². The molecular formula is C14H22N2O4. The van der Waals surface area contributed by atoms with Crippen LogP contribution in [0.25, 0.3) is 0 Å². The van der Waals surface area contributed by atoms with Crippen LogP contribution < -0.4 is 5.32 Å². The van der Waals surface area contributed by atoms with E-state index in [9.17, 15) is 19.5 Å². The number of Topliss-reactive ketones (excluding diaryl/α,β-unsaturated/α-hetero) is 1. The third kappa shape index (κ3) is 1.85. The summed E-state index contributed by atoms with van der Waals surface area (Å²) in [5, 5.41) is 12.5. The molecule has 20 heavy (non-hydrogen) atoms. The number of ketones is 1. The van der Waals surface area contributed by atoms with Crippen LogP contribution in [-0.4, -0.2) is 51.8 Å². The van der Waals surface area contributed by atoms with Gasteiger partial charge in [0.25, 0.3) is 5.91 Å². The average Bonchev–Trinajstić information content (AvgIpc) is 2.61. The van der Waals surface area contributed by atoms with Gasteiger partial charge in [-0.1, -0.05) is 13.8 Å². The number of rotatable bonds is 4. The van der Waals surface area contributed by atoms with Crippen LogP contribution in [0.15, 0.2) is 0 Å². The predicted molar refractivity (Wildman–Crippen MR) is 71.7 cm³/mol. The van der Waals surface area contributed by atoms with Crippen molar-refractivity contribution >= 4 is 17.6 Å². The Kier molecular flexibility index (Phi) is 3.62. The molecule has 6 nitrogen and oxygen atoms in total. The topological polar surface area (TPSA) is 86.7 Å². The van der Waals surface area contributed by atoms with Gasteiger partial charge in [0.2, 0.25) is 5.91 Å². The summed E-state index contributed by atoms with van der Waals surface area (Å²) in [7, 11) is 0. The number of likely N-dealkylation sites (tertiary alicyclic amines) is 1. The Hall–Kier alpha value is -1.43. The molecule has 0 aromatic rings. The van der Waals surface area contributed by atoms with Crippen LogP contribution in [0.3, 0.4) is 0 Å². The van der Waals surface area contributed by atoms with E-state index in [4.69, 9.17) is 0 Å². The molecule has 5 atom stereocenters. The molecule has 2 rings (SSSR count). The molecule has 6 heteroatoms. The maximum absolute atomic E-state index is 12.5. The minimum Gasteiger partial charge on any atom is -0.391 e. The lowest BCUT2D eigenvalue weighted by Crippen LogP contribution is -2.77. The molecule has 2 N–H and O–H groups in total. The van der Waals surface area contributed by atoms with Gasteiger partial charge in [0.15, 0.2) is 5.78 Å². The zero-order valence-corrected chi connectivity index (χ0v) is 12.3. The van der Waals surface area contributed by atoms with Gasteiger partial charge < -0.3 is 15.3 Å². The molecule has 0 aromatic carbocycles. The molecule has 0 bridgehead atoms. The van der Waals surface area contributed by atoms with E-state index in [0.29, 0.717) is 13.0 Å². The Morgan fingerprint density at radius 3 is 2.50 bits per heavy atom. The van der Waals surface area contributed by atoms with Crippen molar-refractivity contribution < 1.29 is 19.5 Å². The Labute approximate surface area is 118 Å². The van der Waals surface area contributed by atoms with E-state index < -0.39 is 17.7 Å². The molecule has 112 valence electrons. The third-order valence-electron chi connectivity index (χ3n) is 4.78. The van der Waals surface area contributed by atoms with Crippen LogP contribution >= 0.6 is 0 Å². The predicted octanol–water partition coefficient (Wildman–Crippen LogP) is -0.302. The third-order valence-corrected chi connectivity index (χ3v) is 4.78. The van der Waals surface area contributed by atoms with Crippen molar-refractivity contribution in [3.63, 3.8) is 0 Å². The van der Waals surface area contributed by atoms with E-state index in [1.165, 1.54) is 18.7 Å². The summed E-state index contributed by atoms with van der Waals surface area (Å²) in [5.74, 6) is -0.846. The Balaban J connectivity index is 2.20. The van der Waals surface area contributed by atoms with Gasteiger partial charge in [-0.3, -0.25) is 14.4 Å². The maximum Gasteiger partial charge on any atom is 0.251 e. The van der Waals surface area contributed by atoms with E-state index in [1.807, 2.05) is 13.8 Å². The molecule has 2 fully saturated rings. The lowest BCUT2D eigenvalue weighted by atomic mass is 9.73. The fourth-order valence-electron chi connectivity index (χ4n) is 3.58. The molecule has 2 saturated heterocycles. The van der Waals surface area contributed by atoms with Crippen molar-refractivity contribution in [3.8, 4) is 0 Å². The number of hydrogen-bond acceptors (Lipinski definition) is 4. The second-order valence-corrected chi connectivity index (χ2v) is 5.99. The molecule has 0 aliphatic carbocycles. The van der Waals surface area contributed by atoms with Gasteiger partial charge in [-0.15, -0.1) is 0 Å². The number of amides is 2. The minimum absolute atomic E-state index is 0.0923. The smallest absolute Gasteiger partial charge is 0.251 e. The molecule has 0 saturated carbocycles. The summed E-state index contributed by atoms with van der Waals surface area (Å²) < 4.78 is 0. The Morgan fingerprint density at radius 2 is 2.15 bits per heavy atom. The number of β-lactam (4-membered cyclic amide) rings is 1. The van der Waals surface area contributed by atoms with E-state index in [0.717, 1.165) is 0 Å². The van der Waals surface area contributed by atoms with Gasteiger partial charge in [0, 0.05) is 11.8 Å². The minimum atomic E-state index is -0.914. The van der Waals surface area contributed by atoms with E-state index in [1.54, 1.807) is 0 Å². The zero-order valence-electron chi connectivity index (χ0n) is 12.3. The van der Waals surface area contributed by atoms with Crippen molar-refractivity contribution in [1.82, 2.24) is 10.2 Å². The highest BCUT2D eigenvalue weighted by Crippen LogP contribution is 2.42. The summed E-state index contributed by atoms with van der Waals surface area (Å²) >= 11 is 0. The van der Waals surface area contributed by atoms with Gasteiger partial charge >= 0.3 is 0 Å². The van der Waals surface area contributed by atoms with Crippen LogP contribution in [0.5, 0.6) is 0 Å². The first-order valence-electron chi connectivity index (χ1n) is 7.07. The fourth-order valence-corrected chi connectivity index (χ4v) is 3.58. The van der Waals surface area contributed by atoms with Crippen LogP contribution in [-0.2, 0) is 14.4 Å². The highest BCUT2D eigenvalue weighted by Gasteiger charge is 2.64. The second kappa shape index (κ2) is 4.84. The maximum atomic E-state index is 12.5. The molecular weight excluding hydrogens is 260 g/mol. The number of carbonyl (C=O) groups is 3. The average molecular weight is 282 g/mol. The zero-order chi connectivity index (χ0) is 15.2. The highest BCUT2D eigenvalue weighted by molar-refractivity contribution is 6.03. The van der Waals surface area contributed by atoms with Gasteiger partial charge in [-0.25, -0.2) is 0 Å². The number of carbonyl (C=O) groups excluding carboxylic acids is 3. The highest BCUT2D eigenvalue weighted by atomic mass is 16.3. The van der Waals surface area contributed by atoms with Gasteiger partial charge in [0.1, 0.15) is 11.6 Å². The summed E-state index contributed by atoms with van der Waals surface area (Å²) in [6, 6.07) is -0.821. The Bertz CT molecular complexity index is 462. The van der Waals surface area contributed by atoms with Gasteiger partial charge in [-0.2, -0.15) is 0 Å². The van der Waals surface area contributed by atoms with Crippen LogP contribution in [0.4, 0.5) is 0 Å². The molecule has 0 aromatic heterocycles. The first kappa shape index (κ1) is 15.0. The lowest BCUT2D eigenvalue weighted by Gasteiger charge is -2.52. The van der Waals surface area contributed by atoms with Crippen molar-refractivity contribution in [1.29, 1.82) is 0 Å². The van der Waals surface area contributed by atoms with Gasteiger partial charge in [-0.05, 0) is 20.3 Å². The fraction of sp³-hybridized carbons (Fsp3) is 0.786. The number of hydrogen-bond donors (Lipinski definition) is 2. The summed E-state index contributed by atoms with van der Waals surface area (Å²) in [6.07, 6.45) is -0.225.